The second-order valence-corrected chi connectivity index (χ2v) is 42.5. The molecule has 10 heterocycles. The Labute approximate surface area is 848 Å². The Morgan fingerprint density at radius 2 is 1.01 bits per heavy atom. The zero-order valence-corrected chi connectivity index (χ0v) is 86.4. The van der Waals surface area contributed by atoms with Gasteiger partial charge >= 0.3 is 0 Å². The van der Waals surface area contributed by atoms with Crippen LogP contribution in [0.15, 0.2) is 193 Å². The van der Waals surface area contributed by atoms with E-state index in [9.17, 15) is 67.4 Å². The number of rotatable bonds is 16. The molecular weight excluding hydrogens is 2000 g/mol. The number of nitrogens with one attached hydrogen (secondary N) is 1. The van der Waals surface area contributed by atoms with Crippen LogP contribution < -0.4 is 38.7 Å². The lowest BCUT2D eigenvalue weighted by Gasteiger charge is -2.41. The third-order valence-electron chi connectivity index (χ3n) is 26.9. The Morgan fingerprint density at radius 3 is 1.49 bits per heavy atom. The van der Waals surface area contributed by atoms with Crippen molar-refractivity contribution in [3.8, 4) is 51.6 Å². The highest BCUT2D eigenvalue weighted by Gasteiger charge is 2.51. The van der Waals surface area contributed by atoms with Crippen molar-refractivity contribution in [2.75, 3.05) is 47.7 Å². The first-order valence-corrected chi connectivity index (χ1v) is 49.6. The largest absolute Gasteiger partial charge is 0.497 e. The van der Waals surface area contributed by atoms with E-state index in [1.165, 1.54) is 110 Å². The van der Waals surface area contributed by atoms with Crippen LogP contribution >= 0.6 is 67.9 Å². The first-order valence-electron chi connectivity index (χ1n) is 45.1. The summed E-state index contributed by atoms with van der Waals surface area (Å²) < 4.78 is 65.1. The highest BCUT2D eigenvalue weighted by molar-refractivity contribution is 14.1. The van der Waals surface area contributed by atoms with Gasteiger partial charge in [0.15, 0.2) is 29.8 Å². The maximum Gasteiger partial charge on any atom is 0.270 e. The summed E-state index contributed by atoms with van der Waals surface area (Å²) in [5.41, 5.74) is 35.6. The number of nitriles is 4. The van der Waals surface area contributed by atoms with Crippen molar-refractivity contribution in [1.29, 1.82) is 21.0 Å². The normalized spacial score (nSPS) is 21.8. The number of fused-ring (bicyclic) bond motifs is 3. The Morgan fingerprint density at radius 1 is 0.542 bits per heavy atom. The molecule has 0 unspecified atom stereocenters. The number of hydrogen-bond donors (Lipinski definition) is 6. The van der Waals surface area contributed by atoms with Crippen molar-refractivity contribution in [2.45, 2.75) is 160 Å². The van der Waals surface area contributed by atoms with Crippen molar-refractivity contribution in [1.82, 2.24) is 34.3 Å². The van der Waals surface area contributed by atoms with Crippen LogP contribution in [0.25, 0.3) is 52.6 Å². The van der Waals surface area contributed by atoms with E-state index >= 15 is 0 Å². The minimum Gasteiger partial charge on any atom is -0.497 e. The molecule has 6 amide bonds. The van der Waals surface area contributed by atoms with Crippen LogP contribution in [0.2, 0.25) is 0 Å². The standard InChI is InChI=1S/2C23H20F2N4OS.C21H23N5O2S.C20H22N4O2S.C17H20IN5O/c2*1-22(16-8-9-18-17(10-16)14(11-26)12-31-18)19(20(30)29(3)21(27)28-22)13-4-6-15(7-5-13)23(2,24)25;1-12(2)19(28)24-15-9-16(21(3)10-17(27)26(4)20(23)25-21)29-18(15)14-7-5-6-13(8-14)11-22;1-11-18(25)24(4)19(22)23-20(11,3)17-9-16(12(2)27-17)14-6-13(10-21)7-15(8-14)26-5;1-17(8-14(24)22(2)16(19)20-17)11-5-6-12-13(7-11)23(21-15(12)18)9-10-3-4-10/h2*4-10,12,19H,1-3H3,(H2,27,28);5-9,12H,10H2,1-4H3,(H2,23,25)(H,24,28);6-9,11H,1-5H3,(H2,22,23);5-7,10H,3-4,8-9H2,1-2H3,(H2,19,20)/t19-,22+;19-,22-;21-;11-,20-;17-/m01000/s1. The molecule has 1 aliphatic carbocycles. The minimum absolute atomic E-state index is 0.00818. The summed E-state index contributed by atoms with van der Waals surface area (Å²) in [7, 11) is 9.56. The van der Waals surface area contributed by atoms with Crippen LogP contribution in [0, 0.1) is 73.7 Å². The molecule has 11 N–H and O–H groups in total. The number of nitrogens with zero attached hydrogens (tertiary/aromatic N) is 16. The van der Waals surface area contributed by atoms with E-state index in [2.05, 4.69) is 99.1 Å². The highest BCUT2D eigenvalue weighted by atomic mass is 127. The van der Waals surface area contributed by atoms with Gasteiger partial charge in [0, 0.05) is 124 Å². The van der Waals surface area contributed by atoms with Gasteiger partial charge in [-0.2, -0.15) is 26.1 Å². The number of guanidine groups is 5. The van der Waals surface area contributed by atoms with Gasteiger partial charge in [0.05, 0.1) is 93.7 Å². The topological polar surface area (TPSA) is 445 Å². The third-order valence-corrected chi connectivity index (χ3v) is 32.3. The lowest BCUT2D eigenvalue weighted by Crippen LogP contribution is -2.52. The van der Waals surface area contributed by atoms with Gasteiger partial charge < -0.3 is 38.7 Å². The SMILES string of the molecule is CC(C)C(=O)Nc1cc([C@]2(C)CC(=O)N(C)C(N)=N2)sc1-c1cccc(C#N)c1.CN1C(=O)C[C@@](C)(c2ccc3c(I)nn(CC4CC4)c3c2)N=C1N.CN1C(=O)[C@@H](c2ccc(C(C)(F)F)cc2)[C@@](C)(c2ccc3scc(C#N)c3c2)N=C1N.CN1C(=O)[C@H](c2ccc(C(C)(F)F)cc2)[C@@](C)(c2ccc3scc(C#N)c3c2)N=C1N.COc1cc(C#N)cc(-c2cc([C@@]3(C)N=C(N)N(C)C(=O)[C@@H]3C)sc2C)c1. The van der Waals surface area contributed by atoms with Crippen molar-refractivity contribution < 1.29 is 51.1 Å². The highest BCUT2D eigenvalue weighted by Crippen LogP contribution is 2.52. The average Bonchev–Trinajstić information content (AvgIpc) is 0.871. The van der Waals surface area contributed by atoms with Crippen LogP contribution in [0.4, 0.5) is 23.2 Å². The number of aromatic nitrogens is 2. The zero-order valence-electron chi connectivity index (χ0n) is 81.0. The maximum absolute atomic E-state index is 13.7. The summed E-state index contributed by atoms with van der Waals surface area (Å²) in [6, 6.07) is 54.3. The van der Waals surface area contributed by atoms with Crippen molar-refractivity contribution >= 4 is 170 Å². The molecule has 0 bridgehead atoms. The fraction of sp³-hybridized carbons (Fsp3) is 0.327. The lowest BCUT2D eigenvalue weighted by molar-refractivity contribution is -0.133. The molecule has 0 spiro atoms. The van der Waals surface area contributed by atoms with E-state index in [0.717, 1.165) is 103 Å². The van der Waals surface area contributed by atoms with E-state index in [1.807, 2.05) is 121 Å². The van der Waals surface area contributed by atoms with Crippen LogP contribution in [0.5, 0.6) is 5.75 Å². The van der Waals surface area contributed by atoms with Gasteiger partial charge in [-0.3, -0.25) is 57.9 Å². The second-order valence-electron chi connectivity index (χ2n) is 37.3. The lowest BCUT2D eigenvalue weighted by atomic mass is 9.74. The van der Waals surface area contributed by atoms with E-state index in [0.29, 0.717) is 62.4 Å². The molecule has 0 radical (unpaired) electrons. The number of halogens is 5. The molecule has 5 aliphatic heterocycles. The minimum atomic E-state index is -2.98. The monoisotopic (exact) mass is 2100 g/mol. The number of methoxy groups -OCH3 is 1. The molecule has 8 atom stereocenters. The van der Waals surface area contributed by atoms with Crippen molar-refractivity contribution in [3.05, 3.63) is 248 Å². The Hall–Kier alpha value is -14.3. The summed E-state index contributed by atoms with van der Waals surface area (Å²) in [5.74, 6) is -6.67. The number of likely N-dealkylation sites (N-methyl/N-ethyl adjacent to an activating group) is 2. The number of anilines is 1. The molecule has 38 heteroatoms. The van der Waals surface area contributed by atoms with E-state index in [4.69, 9.17) is 33.4 Å². The number of amides is 6. The van der Waals surface area contributed by atoms with Crippen molar-refractivity contribution in [2.24, 2.45) is 71.4 Å². The summed E-state index contributed by atoms with van der Waals surface area (Å²) in [4.78, 5) is 110. The number of benzene rings is 7. The number of nitrogens with two attached hydrogens (primary N) is 5. The van der Waals surface area contributed by atoms with Gasteiger partial charge in [-0.25, -0.2) is 42.5 Å². The number of aryl methyl sites for hydroxylation is 1. The predicted octanol–water partition coefficient (Wildman–Crippen LogP) is 18.3. The number of hydrogen-bond acceptors (Lipinski definition) is 26. The van der Waals surface area contributed by atoms with Gasteiger partial charge in [-0.05, 0) is 206 Å². The first-order chi connectivity index (χ1) is 66.8. The number of carbonyl (C=O) groups excluding carboxylic acids is 6. The van der Waals surface area contributed by atoms with Gasteiger partial charge in [-0.15, -0.1) is 45.3 Å². The van der Waals surface area contributed by atoms with Crippen LogP contribution in [0.3, 0.4) is 0 Å². The second kappa shape index (κ2) is 40.0. The summed E-state index contributed by atoms with van der Waals surface area (Å²) in [5, 5.41) is 51.3. The first kappa shape index (κ1) is 104. The van der Waals surface area contributed by atoms with Crippen LogP contribution in [0.1, 0.15) is 183 Å². The molecule has 1 fully saturated rings. The number of aliphatic imine (C=N–C) groups is 5. The van der Waals surface area contributed by atoms with E-state index < -0.39 is 51.4 Å². The zero-order chi connectivity index (χ0) is 103. The molecule has 12 aromatic rings. The number of thiophene rings is 4. The third kappa shape index (κ3) is 20.5. The fourth-order valence-corrected chi connectivity index (χ4v) is 22.4. The smallest absolute Gasteiger partial charge is 0.270 e. The average molecular weight is 2110 g/mol. The molecule has 1 saturated carbocycles. The molecule has 18 rings (SSSR count). The maximum atomic E-state index is 13.7. The summed E-state index contributed by atoms with van der Waals surface area (Å²) >= 11 is 8.25. The Kier molecular flexibility index (Phi) is 29.2. The molecule has 5 aromatic heterocycles. The molecule has 732 valence electrons. The summed E-state index contributed by atoms with van der Waals surface area (Å²) in [6.45, 7) is 19.5. The van der Waals surface area contributed by atoms with Gasteiger partial charge in [0.2, 0.25) is 35.4 Å². The van der Waals surface area contributed by atoms with Gasteiger partial charge in [0.1, 0.15) is 43.7 Å². The fourth-order valence-electron chi connectivity index (χ4n) is 17.6. The number of alkyl halides is 4. The Balaban J connectivity index is 0.000000141. The van der Waals surface area contributed by atoms with Crippen LogP contribution in [-0.4, -0.2) is 142 Å². The van der Waals surface area contributed by atoms with Gasteiger partial charge in [0.25, 0.3) is 11.8 Å². The molecule has 6 aliphatic rings. The Bertz CT molecular complexity index is 7230. The number of ether oxygens (including phenoxy) is 1. The molecular formula is C104H105F4IN22O7S4. The van der Waals surface area contributed by atoms with Crippen LogP contribution in [-0.2, 0) is 74.9 Å². The van der Waals surface area contributed by atoms with E-state index in [-0.39, 0.29) is 94.6 Å². The molecule has 7 aromatic carbocycles. The van der Waals surface area contributed by atoms with Gasteiger partial charge in [-0.1, -0.05) is 99.6 Å². The quantitative estimate of drug-likeness (QED) is 0.0386. The predicted molar refractivity (Wildman–Crippen MR) is 557 cm³/mol. The number of carbonyl (C=O) groups is 6. The van der Waals surface area contributed by atoms with Crippen molar-refractivity contribution in [3.63, 3.8) is 0 Å². The molecule has 142 heavy (non-hydrogen) atoms. The molecule has 29 nitrogen and oxygen atoms in total. The molecule has 0 saturated heterocycles. The van der Waals surface area contributed by atoms with E-state index in [1.54, 1.807) is 113 Å². The summed E-state index contributed by atoms with van der Waals surface area (Å²) in [6.07, 6.45) is 3.08.